The number of hydrogen-bond donors (Lipinski definition) is 2. The van der Waals surface area contributed by atoms with Crippen LogP contribution < -0.4 is 14.8 Å². The van der Waals surface area contributed by atoms with Crippen LogP contribution in [0.5, 0.6) is 5.75 Å². The smallest absolute Gasteiger partial charge is 0.337 e. The molecule has 0 spiro atoms. The largest absolute Gasteiger partial charge is 0.484 e. The van der Waals surface area contributed by atoms with Gasteiger partial charge >= 0.3 is 5.97 Å². The number of aryl methyl sites for hydroxylation is 1. The molecular formula is C18H20N2O6S. The number of esters is 1. The van der Waals surface area contributed by atoms with Crippen molar-refractivity contribution in [3.63, 3.8) is 0 Å². The van der Waals surface area contributed by atoms with Crippen LogP contribution in [0.3, 0.4) is 0 Å². The highest BCUT2D eigenvalue weighted by molar-refractivity contribution is 7.89. The number of rotatable bonds is 7. The first-order valence-electron chi connectivity index (χ1n) is 7.92. The van der Waals surface area contributed by atoms with Crippen molar-refractivity contribution < 1.29 is 27.5 Å². The molecule has 0 aliphatic heterocycles. The third-order valence-electron chi connectivity index (χ3n) is 3.66. The normalized spacial score (nSPS) is 10.9. The summed E-state index contributed by atoms with van der Waals surface area (Å²) in [4.78, 5) is 23.7. The van der Waals surface area contributed by atoms with E-state index in [2.05, 4.69) is 14.8 Å². The molecule has 144 valence electrons. The van der Waals surface area contributed by atoms with Crippen LogP contribution in [0.15, 0.2) is 47.4 Å². The fraction of sp³-hybridized carbons (Fsp3) is 0.222. The van der Waals surface area contributed by atoms with Gasteiger partial charge in [0.15, 0.2) is 6.61 Å². The maximum atomic E-state index is 12.1. The average Bonchev–Trinajstić information content (AvgIpc) is 2.67. The third kappa shape index (κ3) is 5.28. The summed E-state index contributed by atoms with van der Waals surface area (Å²) in [5, 5.41) is 2.58. The lowest BCUT2D eigenvalue weighted by Gasteiger charge is -2.11. The van der Waals surface area contributed by atoms with Crippen molar-refractivity contribution in [3.05, 3.63) is 53.6 Å². The lowest BCUT2D eigenvalue weighted by Crippen LogP contribution is -2.22. The third-order valence-corrected chi connectivity index (χ3v) is 5.21. The number of anilines is 1. The SMILES string of the molecule is CNS(=O)(=O)c1cc(NC(=O)COc2cccc(C(=O)OC)c2)ccc1C. The van der Waals surface area contributed by atoms with Crippen LogP contribution >= 0.6 is 0 Å². The molecule has 9 heteroatoms. The van der Waals surface area contributed by atoms with Crippen LogP contribution in [0, 0.1) is 6.92 Å². The van der Waals surface area contributed by atoms with Gasteiger partial charge in [0.2, 0.25) is 10.0 Å². The molecule has 27 heavy (non-hydrogen) atoms. The van der Waals surface area contributed by atoms with Gasteiger partial charge < -0.3 is 14.8 Å². The predicted octanol–water partition coefficient (Wildman–Crippen LogP) is 1.71. The number of carbonyl (C=O) groups is 2. The maximum Gasteiger partial charge on any atom is 0.337 e. The molecule has 1 amide bonds. The minimum atomic E-state index is -3.63. The van der Waals surface area contributed by atoms with E-state index in [1.807, 2.05) is 0 Å². The van der Waals surface area contributed by atoms with E-state index >= 15 is 0 Å². The Balaban J connectivity index is 2.05. The average molecular weight is 392 g/mol. The first-order chi connectivity index (χ1) is 12.8. The summed E-state index contributed by atoms with van der Waals surface area (Å²) in [5.74, 6) is -0.659. The second kappa shape index (κ2) is 8.65. The van der Waals surface area contributed by atoms with E-state index in [1.165, 1.54) is 26.3 Å². The van der Waals surface area contributed by atoms with Crippen molar-refractivity contribution >= 4 is 27.6 Å². The Kier molecular flexibility index (Phi) is 6.54. The van der Waals surface area contributed by atoms with E-state index in [0.717, 1.165) is 0 Å². The molecule has 0 unspecified atom stereocenters. The Morgan fingerprint density at radius 2 is 1.85 bits per heavy atom. The topological polar surface area (TPSA) is 111 Å². The summed E-state index contributed by atoms with van der Waals surface area (Å²) in [6, 6.07) is 10.8. The van der Waals surface area contributed by atoms with Crippen LogP contribution in [0.4, 0.5) is 5.69 Å². The number of benzene rings is 2. The first-order valence-corrected chi connectivity index (χ1v) is 9.40. The van der Waals surface area contributed by atoms with Crippen LogP contribution in [0.2, 0.25) is 0 Å². The van der Waals surface area contributed by atoms with Gasteiger partial charge in [-0.25, -0.2) is 17.9 Å². The fourth-order valence-corrected chi connectivity index (χ4v) is 3.25. The summed E-state index contributed by atoms with van der Waals surface area (Å²) in [6.07, 6.45) is 0. The van der Waals surface area contributed by atoms with E-state index < -0.39 is 21.9 Å². The molecule has 0 aromatic heterocycles. The van der Waals surface area contributed by atoms with Gasteiger partial charge in [0.25, 0.3) is 5.91 Å². The monoisotopic (exact) mass is 392 g/mol. The minimum Gasteiger partial charge on any atom is -0.484 e. The number of amides is 1. The number of carbonyl (C=O) groups excluding carboxylic acids is 2. The number of methoxy groups -OCH3 is 1. The van der Waals surface area contributed by atoms with Crippen LogP contribution in [0.25, 0.3) is 0 Å². The first kappa shape index (κ1) is 20.4. The summed E-state index contributed by atoms with van der Waals surface area (Å²) in [6.45, 7) is 1.35. The van der Waals surface area contributed by atoms with Gasteiger partial charge in [0, 0.05) is 5.69 Å². The zero-order chi connectivity index (χ0) is 20.0. The highest BCUT2D eigenvalue weighted by atomic mass is 32.2. The van der Waals surface area contributed by atoms with E-state index in [4.69, 9.17) is 4.74 Å². The van der Waals surface area contributed by atoms with Gasteiger partial charge in [0.05, 0.1) is 17.6 Å². The molecule has 2 rings (SSSR count). The summed E-state index contributed by atoms with van der Waals surface area (Å²) >= 11 is 0. The number of ether oxygens (including phenoxy) is 2. The number of hydrogen-bond acceptors (Lipinski definition) is 6. The summed E-state index contributed by atoms with van der Waals surface area (Å²) in [7, 11) is -1.05. The Hall–Kier alpha value is -2.91. The molecule has 2 N–H and O–H groups in total. The predicted molar refractivity (Wildman–Crippen MR) is 99.3 cm³/mol. The minimum absolute atomic E-state index is 0.0782. The highest BCUT2D eigenvalue weighted by Gasteiger charge is 2.16. The van der Waals surface area contributed by atoms with Gasteiger partial charge in [-0.2, -0.15) is 0 Å². The molecule has 0 fully saturated rings. The number of sulfonamides is 1. The molecule has 0 aliphatic rings. The molecule has 0 aliphatic carbocycles. The zero-order valence-electron chi connectivity index (χ0n) is 15.1. The van der Waals surface area contributed by atoms with Gasteiger partial charge in [0.1, 0.15) is 5.75 Å². The molecule has 2 aromatic rings. The van der Waals surface area contributed by atoms with E-state index in [9.17, 15) is 18.0 Å². The van der Waals surface area contributed by atoms with Crippen molar-refractivity contribution in [3.8, 4) is 5.75 Å². The van der Waals surface area contributed by atoms with Gasteiger partial charge in [-0.15, -0.1) is 0 Å². The summed E-state index contributed by atoms with van der Waals surface area (Å²) in [5.41, 5.74) is 1.18. The second-order valence-corrected chi connectivity index (χ2v) is 7.40. The maximum absolute atomic E-state index is 12.1. The molecule has 2 aromatic carbocycles. The van der Waals surface area contributed by atoms with Crippen molar-refractivity contribution in [2.24, 2.45) is 0 Å². The molecular weight excluding hydrogens is 372 g/mol. The quantitative estimate of drug-likeness (QED) is 0.694. The van der Waals surface area contributed by atoms with E-state index in [0.29, 0.717) is 22.6 Å². The van der Waals surface area contributed by atoms with Gasteiger partial charge in [-0.05, 0) is 49.9 Å². The Bertz CT molecular complexity index is 956. The fourth-order valence-electron chi connectivity index (χ4n) is 2.25. The van der Waals surface area contributed by atoms with Gasteiger partial charge in [-0.1, -0.05) is 12.1 Å². The van der Waals surface area contributed by atoms with E-state index in [-0.39, 0.29) is 11.5 Å². The van der Waals surface area contributed by atoms with Crippen molar-refractivity contribution in [1.82, 2.24) is 4.72 Å². The number of nitrogens with one attached hydrogen (secondary N) is 2. The van der Waals surface area contributed by atoms with Crippen molar-refractivity contribution in [2.45, 2.75) is 11.8 Å². The highest BCUT2D eigenvalue weighted by Crippen LogP contribution is 2.20. The Morgan fingerprint density at radius 1 is 1.11 bits per heavy atom. The lowest BCUT2D eigenvalue weighted by atomic mass is 10.2. The molecule has 0 saturated carbocycles. The van der Waals surface area contributed by atoms with Crippen molar-refractivity contribution in [1.29, 1.82) is 0 Å². The molecule has 0 radical (unpaired) electrons. The summed E-state index contributed by atoms with van der Waals surface area (Å²) < 4.78 is 36.2. The molecule has 0 bridgehead atoms. The second-order valence-electron chi connectivity index (χ2n) is 5.54. The lowest BCUT2D eigenvalue weighted by molar-refractivity contribution is -0.118. The van der Waals surface area contributed by atoms with E-state index in [1.54, 1.807) is 37.3 Å². The standard InChI is InChI=1S/C18H20N2O6S/c1-12-7-8-14(10-16(12)27(23,24)19-2)20-17(21)11-26-15-6-4-5-13(9-15)18(22)25-3/h4-10,19H,11H2,1-3H3,(H,20,21). The van der Waals surface area contributed by atoms with Crippen LogP contribution in [-0.2, 0) is 19.6 Å². The zero-order valence-corrected chi connectivity index (χ0v) is 15.9. The Morgan fingerprint density at radius 3 is 2.52 bits per heavy atom. The molecule has 0 heterocycles. The van der Waals surface area contributed by atoms with Crippen LogP contribution in [-0.4, -0.2) is 41.1 Å². The molecule has 0 atom stereocenters. The molecule has 0 saturated heterocycles. The van der Waals surface area contributed by atoms with Crippen molar-refractivity contribution in [2.75, 3.05) is 26.1 Å². The van der Waals surface area contributed by atoms with Crippen LogP contribution in [0.1, 0.15) is 15.9 Å². The Labute approximate surface area is 157 Å². The molecule has 8 nitrogen and oxygen atoms in total. The van der Waals surface area contributed by atoms with Gasteiger partial charge in [-0.3, -0.25) is 4.79 Å².